The average molecular weight is 319 g/mol. The first-order valence-electron chi connectivity index (χ1n) is 6.75. The zero-order chi connectivity index (χ0) is 15.3. The first-order valence-corrected chi connectivity index (χ1v) is 7.12. The van der Waals surface area contributed by atoms with Crippen LogP contribution in [0.5, 0.6) is 0 Å². The molecular weight excluding hydrogens is 308 g/mol. The van der Waals surface area contributed by atoms with E-state index in [0.717, 1.165) is 0 Å². The van der Waals surface area contributed by atoms with E-state index in [0.29, 0.717) is 16.5 Å². The molecule has 0 bridgehead atoms. The molecule has 3 heterocycles. The van der Waals surface area contributed by atoms with Gasteiger partial charge in [-0.2, -0.15) is 0 Å². The van der Waals surface area contributed by atoms with Crippen LogP contribution < -0.4 is 10.4 Å². The maximum absolute atomic E-state index is 12.1. The summed E-state index contributed by atoms with van der Waals surface area (Å²) in [7, 11) is 0. The van der Waals surface area contributed by atoms with Gasteiger partial charge in [0.2, 0.25) is 5.91 Å². The Kier molecular flexibility index (Phi) is 2.95. The van der Waals surface area contributed by atoms with Crippen LogP contribution in [-0.4, -0.2) is 17.9 Å². The molecule has 6 nitrogen and oxygen atoms in total. The predicted molar refractivity (Wildman–Crippen MR) is 76.9 cm³/mol. The molecule has 4 rings (SSSR count). The van der Waals surface area contributed by atoms with Crippen molar-refractivity contribution in [2.24, 2.45) is 5.92 Å². The summed E-state index contributed by atoms with van der Waals surface area (Å²) in [5.41, 5.74) is 0.695. The molecule has 0 radical (unpaired) electrons. The Bertz CT molecular complexity index is 729. The summed E-state index contributed by atoms with van der Waals surface area (Å²) < 4.78 is 5.45. The molecule has 2 amide bonds. The molecule has 1 aromatic heterocycles. The molecule has 2 aliphatic rings. The lowest BCUT2D eigenvalue weighted by molar-refractivity contribution is -0.129. The lowest BCUT2D eigenvalue weighted by atomic mass is 9.94. The quantitative estimate of drug-likeness (QED) is 0.858. The highest BCUT2D eigenvalue weighted by molar-refractivity contribution is 6.30. The monoisotopic (exact) mass is 318 g/mol. The van der Waals surface area contributed by atoms with Crippen LogP contribution >= 0.6 is 11.6 Å². The van der Waals surface area contributed by atoms with Crippen molar-refractivity contribution < 1.29 is 18.8 Å². The number of hydrogen-bond acceptors (Lipinski definition) is 5. The molecule has 2 saturated heterocycles. The van der Waals surface area contributed by atoms with Gasteiger partial charge >= 0.3 is 0 Å². The molecule has 2 aliphatic heterocycles. The molecule has 0 unspecified atom stereocenters. The number of carbonyl (C=O) groups is 2. The number of anilines is 1. The smallest absolute Gasteiger partial charge is 0.259 e. The van der Waals surface area contributed by atoms with Crippen molar-refractivity contribution in [3.05, 3.63) is 53.4 Å². The minimum Gasteiger partial charge on any atom is -0.467 e. The Morgan fingerprint density at radius 1 is 1.09 bits per heavy atom. The van der Waals surface area contributed by atoms with Crippen molar-refractivity contribution in [1.82, 2.24) is 5.32 Å². The van der Waals surface area contributed by atoms with Crippen molar-refractivity contribution in [3.63, 3.8) is 0 Å². The van der Waals surface area contributed by atoms with Crippen molar-refractivity contribution in [2.45, 2.75) is 12.1 Å². The van der Waals surface area contributed by atoms with E-state index in [4.69, 9.17) is 20.9 Å². The molecule has 1 N–H and O–H groups in total. The summed E-state index contributed by atoms with van der Waals surface area (Å²) in [5.74, 6) is -0.863. The lowest BCUT2D eigenvalue weighted by Gasteiger charge is -2.25. The van der Waals surface area contributed by atoms with Crippen molar-refractivity contribution in [1.29, 1.82) is 0 Å². The fraction of sp³-hybridized carbons (Fsp3) is 0.200. The zero-order valence-electron chi connectivity index (χ0n) is 11.2. The first-order chi connectivity index (χ1) is 10.6. The van der Waals surface area contributed by atoms with Crippen molar-refractivity contribution in [3.8, 4) is 0 Å². The molecule has 1 aromatic carbocycles. The topological polar surface area (TPSA) is 71.8 Å². The van der Waals surface area contributed by atoms with E-state index in [1.54, 1.807) is 41.5 Å². The molecule has 22 heavy (non-hydrogen) atoms. The number of halogens is 1. The number of carbonyl (C=O) groups excluding carboxylic acids is 2. The highest BCUT2D eigenvalue weighted by atomic mass is 35.5. The number of furan rings is 1. The number of benzene rings is 1. The number of hydroxylamine groups is 1. The van der Waals surface area contributed by atoms with E-state index >= 15 is 0 Å². The maximum atomic E-state index is 12.1. The van der Waals surface area contributed by atoms with Gasteiger partial charge in [0, 0.05) is 5.02 Å². The van der Waals surface area contributed by atoms with Gasteiger partial charge in [-0.05, 0) is 36.4 Å². The van der Waals surface area contributed by atoms with Crippen molar-refractivity contribution >= 4 is 29.1 Å². The molecule has 2 aromatic rings. The molecule has 112 valence electrons. The minimum absolute atomic E-state index is 0.354. The lowest BCUT2D eigenvalue weighted by Crippen LogP contribution is -2.33. The van der Waals surface area contributed by atoms with Gasteiger partial charge in [-0.1, -0.05) is 11.6 Å². The SMILES string of the molecule is O=C1NC(=O)[C@@H]2ON(c3ccc(Cl)cc3)[C@H](c3ccco3)[C@H]12. The Balaban J connectivity index is 1.78. The maximum Gasteiger partial charge on any atom is 0.259 e. The number of nitrogens with one attached hydrogen (secondary N) is 1. The van der Waals surface area contributed by atoms with Gasteiger partial charge in [-0.15, -0.1) is 0 Å². The third-order valence-corrected chi connectivity index (χ3v) is 4.12. The molecule has 7 heteroatoms. The highest BCUT2D eigenvalue weighted by Crippen LogP contribution is 2.44. The van der Waals surface area contributed by atoms with Crippen LogP contribution in [0.2, 0.25) is 5.02 Å². The second-order valence-corrected chi connectivity index (χ2v) is 5.60. The predicted octanol–water partition coefficient (Wildman–Crippen LogP) is 2.07. The molecule has 2 fully saturated rings. The Labute approximate surface area is 130 Å². The Hall–Kier alpha value is -2.31. The van der Waals surface area contributed by atoms with Crippen LogP contribution in [0.25, 0.3) is 0 Å². The second-order valence-electron chi connectivity index (χ2n) is 5.17. The van der Waals surface area contributed by atoms with E-state index in [9.17, 15) is 9.59 Å². The number of nitrogens with zero attached hydrogens (tertiary/aromatic N) is 1. The number of fused-ring (bicyclic) bond motifs is 1. The van der Waals surface area contributed by atoms with Gasteiger partial charge in [0.25, 0.3) is 5.91 Å². The van der Waals surface area contributed by atoms with E-state index in [1.165, 1.54) is 6.26 Å². The minimum atomic E-state index is -0.849. The standard InChI is InChI=1S/C15H11ClN2O4/c16-8-3-5-9(6-4-8)18-12(10-2-1-7-21-10)11-13(22-18)15(20)17-14(11)19/h1-7,11-13H,(H,17,19,20)/t11-,12+,13+/m0/s1. The van der Waals surface area contributed by atoms with Crippen LogP contribution in [0.15, 0.2) is 47.1 Å². The van der Waals surface area contributed by atoms with Crippen molar-refractivity contribution in [2.75, 3.05) is 5.06 Å². The van der Waals surface area contributed by atoms with Gasteiger partial charge < -0.3 is 4.42 Å². The fourth-order valence-electron chi connectivity index (χ4n) is 2.89. The third-order valence-electron chi connectivity index (χ3n) is 3.87. The van der Waals surface area contributed by atoms with E-state index in [-0.39, 0.29) is 5.91 Å². The van der Waals surface area contributed by atoms with Gasteiger partial charge in [0.15, 0.2) is 6.10 Å². The summed E-state index contributed by atoms with van der Waals surface area (Å²) in [4.78, 5) is 29.7. The van der Waals surface area contributed by atoms with Gasteiger partial charge in [-0.25, -0.2) is 5.06 Å². The normalized spacial score (nSPS) is 27.1. The number of hydrogen-bond donors (Lipinski definition) is 1. The molecular formula is C15H11ClN2O4. The molecule has 0 spiro atoms. The Morgan fingerprint density at radius 3 is 2.55 bits per heavy atom. The fourth-order valence-corrected chi connectivity index (χ4v) is 3.02. The summed E-state index contributed by atoms with van der Waals surface area (Å²) in [6.45, 7) is 0. The summed E-state index contributed by atoms with van der Waals surface area (Å²) >= 11 is 5.90. The Morgan fingerprint density at radius 2 is 1.86 bits per heavy atom. The second kappa shape index (κ2) is 4.86. The van der Waals surface area contributed by atoms with Crippen LogP contribution in [-0.2, 0) is 14.4 Å². The number of rotatable bonds is 2. The van der Waals surface area contributed by atoms with E-state index in [2.05, 4.69) is 5.32 Å². The summed E-state index contributed by atoms with van der Waals surface area (Å²) in [6.07, 6.45) is 0.676. The van der Waals surface area contributed by atoms with Crippen LogP contribution in [0.1, 0.15) is 11.8 Å². The first kappa shape index (κ1) is 13.4. The summed E-state index contributed by atoms with van der Waals surface area (Å²) in [5, 5.41) is 4.43. The van der Waals surface area contributed by atoms with Crippen LogP contribution in [0, 0.1) is 5.92 Å². The zero-order valence-corrected chi connectivity index (χ0v) is 12.0. The van der Waals surface area contributed by atoms with Gasteiger partial charge in [0.1, 0.15) is 17.7 Å². The molecule has 0 saturated carbocycles. The van der Waals surface area contributed by atoms with E-state index < -0.39 is 24.0 Å². The highest BCUT2D eigenvalue weighted by Gasteiger charge is 2.57. The largest absolute Gasteiger partial charge is 0.467 e. The molecule has 3 atom stereocenters. The van der Waals surface area contributed by atoms with Crippen LogP contribution in [0.3, 0.4) is 0 Å². The molecule has 0 aliphatic carbocycles. The van der Waals surface area contributed by atoms with Crippen LogP contribution in [0.4, 0.5) is 5.69 Å². The van der Waals surface area contributed by atoms with Gasteiger partial charge in [0.05, 0.1) is 12.0 Å². The number of imide groups is 1. The average Bonchev–Trinajstić information content (AvgIpc) is 3.19. The third kappa shape index (κ3) is 1.92. The number of amides is 2. The van der Waals surface area contributed by atoms with E-state index in [1.807, 2.05) is 0 Å². The van der Waals surface area contributed by atoms with Gasteiger partial charge in [-0.3, -0.25) is 19.7 Å². The summed E-state index contributed by atoms with van der Waals surface area (Å²) in [6, 6.07) is 9.95.